The molecular formula is C17H21NO. The van der Waals surface area contributed by atoms with Crippen molar-refractivity contribution < 1.29 is 4.74 Å². The molecule has 0 fully saturated rings. The molecule has 0 saturated carbocycles. The van der Waals surface area contributed by atoms with Gasteiger partial charge in [-0.15, -0.1) is 0 Å². The minimum Gasteiger partial charge on any atom is -0.457 e. The number of rotatable bonds is 5. The van der Waals surface area contributed by atoms with Crippen LogP contribution in [0.3, 0.4) is 0 Å². The lowest BCUT2D eigenvalue weighted by molar-refractivity contribution is 0.421. The Morgan fingerprint density at radius 2 is 1.47 bits per heavy atom. The van der Waals surface area contributed by atoms with Crippen molar-refractivity contribution >= 4 is 0 Å². The predicted molar refractivity (Wildman–Crippen MR) is 79.8 cm³/mol. The van der Waals surface area contributed by atoms with Gasteiger partial charge < -0.3 is 10.1 Å². The van der Waals surface area contributed by atoms with Crippen LogP contribution in [0.4, 0.5) is 0 Å². The summed E-state index contributed by atoms with van der Waals surface area (Å²) < 4.78 is 5.77. The highest BCUT2D eigenvalue weighted by molar-refractivity contribution is 5.33. The van der Waals surface area contributed by atoms with Crippen LogP contribution in [0.25, 0.3) is 0 Å². The monoisotopic (exact) mass is 255 g/mol. The molecule has 0 unspecified atom stereocenters. The van der Waals surface area contributed by atoms with E-state index >= 15 is 0 Å². The average molecular weight is 255 g/mol. The molecule has 0 amide bonds. The highest BCUT2D eigenvalue weighted by Gasteiger charge is 2.14. The second kappa shape index (κ2) is 5.89. The Balaban J connectivity index is 2.03. The molecule has 0 radical (unpaired) electrons. The maximum Gasteiger partial charge on any atom is 0.127 e. The summed E-state index contributed by atoms with van der Waals surface area (Å²) in [5.41, 5.74) is 1.42. The van der Waals surface area contributed by atoms with Crippen LogP contribution in [0, 0.1) is 0 Å². The standard InChI is InChI=1S/C17H21NO/c1-17(2,18-3)13-14-9-11-16(12-10-14)19-15-7-5-4-6-8-15/h4-12,18H,13H2,1-3H3. The van der Waals surface area contributed by atoms with Crippen molar-refractivity contribution in [1.29, 1.82) is 0 Å². The summed E-state index contributed by atoms with van der Waals surface area (Å²) in [7, 11) is 1.99. The van der Waals surface area contributed by atoms with Gasteiger partial charge in [-0.2, -0.15) is 0 Å². The minimum absolute atomic E-state index is 0.113. The van der Waals surface area contributed by atoms with Crippen LogP contribution in [-0.2, 0) is 6.42 Å². The van der Waals surface area contributed by atoms with E-state index in [1.807, 2.05) is 49.5 Å². The van der Waals surface area contributed by atoms with Crippen LogP contribution in [0.15, 0.2) is 54.6 Å². The Labute approximate surface area is 115 Å². The van der Waals surface area contributed by atoms with Gasteiger partial charge in [0, 0.05) is 5.54 Å². The van der Waals surface area contributed by atoms with Gasteiger partial charge in [-0.05, 0) is 57.1 Å². The molecule has 19 heavy (non-hydrogen) atoms. The van der Waals surface area contributed by atoms with E-state index in [1.54, 1.807) is 0 Å². The Morgan fingerprint density at radius 1 is 0.895 bits per heavy atom. The van der Waals surface area contributed by atoms with Crippen LogP contribution < -0.4 is 10.1 Å². The van der Waals surface area contributed by atoms with E-state index in [1.165, 1.54) is 5.56 Å². The molecule has 0 bridgehead atoms. The number of hydrogen-bond donors (Lipinski definition) is 1. The molecule has 0 saturated heterocycles. The molecule has 2 aromatic rings. The molecule has 2 aromatic carbocycles. The zero-order valence-corrected chi connectivity index (χ0v) is 11.8. The molecule has 0 heterocycles. The van der Waals surface area contributed by atoms with Gasteiger partial charge in [0.05, 0.1) is 0 Å². The van der Waals surface area contributed by atoms with Gasteiger partial charge in [0.15, 0.2) is 0 Å². The third-order valence-corrected chi connectivity index (χ3v) is 3.23. The highest BCUT2D eigenvalue weighted by atomic mass is 16.5. The molecule has 2 heteroatoms. The Hall–Kier alpha value is -1.80. The topological polar surface area (TPSA) is 21.3 Å². The van der Waals surface area contributed by atoms with E-state index in [0.717, 1.165) is 17.9 Å². The Kier molecular flexibility index (Phi) is 4.23. The summed E-state index contributed by atoms with van der Waals surface area (Å²) in [5, 5.41) is 3.31. The highest BCUT2D eigenvalue weighted by Crippen LogP contribution is 2.22. The number of likely N-dealkylation sites (N-methyl/N-ethyl adjacent to an activating group) is 1. The smallest absolute Gasteiger partial charge is 0.127 e. The van der Waals surface area contributed by atoms with Gasteiger partial charge in [0.1, 0.15) is 11.5 Å². The molecule has 0 atom stereocenters. The summed E-state index contributed by atoms with van der Waals surface area (Å²) in [6.07, 6.45) is 0.995. The fourth-order valence-electron chi connectivity index (χ4n) is 1.90. The fraction of sp³-hybridized carbons (Fsp3) is 0.294. The van der Waals surface area contributed by atoms with Gasteiger partial charge in [0.2, 0.25) is 0 Å². The quantitative estimate of drug-likeness (QED) is 0.871. The second-order valence-corrected chi connectivity index (χ2v) is 5.37. The normalized spacial score (nSPS) is 11.3. The molecule has 0 aromatic heterocycles. The van der Waals surface area contributed by atoms with Crippen molar-refractivity contribution in [2.45, 2.75) is 25.8 Å². The van der Waals surface area contributed by atoms with Crippen LogP contribution in [0.2, 0.25) is 0 Å². The van der Waals surface area contributed by atoms with E-state index in [0.29, 0.717) is 0 Å². The maximum absolute atomic E-state index is 5.77. The molecule has 1 N–H and O–H groups in total. The summed E-state index contributed by atoms with van der Waals surface area (Å²) in [6, 6.07) is 18.1. The third kappa shape index (κ3) is 4.11. The van der Waals surface area contributed by atoms with Crippen molar-refractivity contribution in [2.24, 2.45) is 0 Å². The number of benzene rings is 2. The van der Waals surface area contributed by atoms with Crippen LogP contribution >= 0.6 is 0 Å². The fourth-order valence-corrected chi connectivity index (χ4v) is 1.90. The zero-order chi connectivity index (χ0) is 13.7. The summed E-state index contributed by atoms with van der Waals surface area (Å²) in [6.45, 7) is 4.39. The van der Waals surface area contributed by atoms with E-state index in [4.69, 9.17) is 4.74 Å². The molecule has 2 rings (SSSR count). The van der Waals surface area contributed by atoms with Gasteiger partial charge in [-0.25, -0.2) is 0 Å². The number of hydrogen-bond acceptors (Lipinski definition) is 2. The van der Waals surface area contributed by atoms with E-state index < -0.39 is 0 Å². The SMILES string of the molecule is CNC(C)(C)Cc1ccc(Oc2ccccc2)cc1. The number of nitrogens with one attached hydrogen (secondary N) is 1. The van der Waals surface area contributed by atoms with Gasteiger partial charge in [-0.3, -0.25) is 0 Å². The van der Waals surface area contributed by atoms with E-state index in [9.17, 15) is 0 Å². The van der Waals surface area contributed by atoms with Gasteiger partial charge in [-0.1, -0.05) is 30.3 Å². The maximum atomic E-state index is 5.77. The van der Waals surface area contributed by atoms with Crippen LogP contribution in [0.5, 0.6) is 11.5 Å². The zero-order valence-electron chi connectivity index (χ0n) is 11.8. The van der Waals surface area contributed by atoms with Crippen molar-refractivity contribution in [3.05, 3.63) is 60.2 Å². The average Bonchev–Trinajstić information content (AvgIpc) is 2.42. The number of para-hydroxylation sites is 1. The summed E-state index contributed by atoms with van der Waals surface area (Å²) in [4.78, 5) is 0. The van der Waals surface area contributed by atoms with Crippen LogP contribution in [-0.4, -0.2) is 12.6 Å². The van der Waals surface area contributed by atoms with Crippen molar-refractivity contribution in [2.75, 3.05) is 7.05 Å². The van der Waals surface area contributed by atoms with Crippen molar-refractivity contribution in [1.82, 2.24) is 5.32 Å². The lowest BCUT2D eigenvalue weighted by Gasteiger charge is -2.24. The minimum atomic E-state index is 0.113. The molecule has 0 aliphatic rings. The number of ether oxygens (including phenoxy) is 1. The van der Waals surface area contributed by atoms with Gasteiger partial charge in [0.25, 0.3) is 0 Å². The first-order chi connectivity index (χ1) is 9.09. The van der Waals surface area contributed by atoms with E-state index in [2.05, 4.69) is 31.3 Å². The molecule has 100 valence electrons. The predicted octanol–water partition coefficient (Wildman–Crippen LogP) is 4.02. The third-order valence-electron chi connectivity index (χ3n) is 3.23. The lowest BCUT2D eigenvalue weighted by atomic mass is 9.95. The summed E-state index contributed by atoms with van der Waals surface area (Å²) >= 11 is 0. The first-order valence-electron chi connectivity index (χ1n) is 6.60. The molecule has 0 aliphatic heterocycles. The largest absolute Gasteiger partial charge is 0.457 e. The van der Waals surface area contributed by atoms with Crippen molar-refractivity contribution in [3.63, 3.8) is 0 Å². The second-order valence-electron chi connectivity index (χ2n) is 5.37. The summed E-state index contributed by atoms with van der Waals surface area (Å²) in [5.74, 6) is 1.74. The van der Waals surface area contributed by atoms with E-state index in [-0.39, 0.29) is 5.54 Å². The first-order valence-corrected chi connectivity index (χ1v) is 6.60. The lowest BCUT2D eigenvalue weighted by Crippen LogP contribution is -2.38. The van der Waals surface area contributed by atoms with Gasteiger partial charge >= 0.3 is 0 Å². The van der Waals surface area contributed by atoms with Crippen molar-refractivity contribution in [3.8, 4) is 11.5 Å². The van der Waals surface area contributed by atoms with Crippen LogP contribution in [0.1, 0.15) is 19.4 Å². The Bertz CT molecular complexity index is 503. The first kappa shape index (κ1) is 13.6. The molecule has 0 spiro atoms. The Morgan fingerprint density at radius 3 is 2.05 bits per heavy atom. The molecule has 0 aliphatic carbocycles. The molecular weight excluding hydrogens is 234 g/mol. The molecule has 2 nitrogen and oxygen atoms in total.